The first-order valence-electron chi connectivity index (χ1n) is 7.21. The molecule has 2 atom stereocenters. The van der Waals surface area contributed by atoms with Crippen molar-refractivity contribution >= 4 is 27.8 Å². The number of aliphatic carboxylic acids is 1. The lowest BCUT2D eigenvalue weighted by Gasteiger charge is -2.16. The van der Waals surface area contributed by atoms with Gasteiger partial charge in [-0.15, -0.1) is 0 Å². The normalized spacial score (nSPS) is 20.7. The number of carboxylic acid groups (broad SMARTS) is 1. The Morgan fingerprint density at radius 1 is 1.26 bits per heavy atom. The van der Waals surface area contributed by atoms with Gasteiger partial charge in [0.1, 0.15) is 5.69 Å². The SMILES string of the molecule is Cn1cncc1C(=O)N1C[C@H](C(=O)O)[C@@H](c2ccc(Br)cc2)C1. The van der Waals surface area contributed by atoms with Crippen molar-refractivity contribution in [2.45, 2.75) is 5.92 Å². The van der Waals surface area contributed by atoms with Crippen LogP contribution >= 0.6 is 15.9 Å². The summed E-state index contributed by atoms with van der Waals surface area (Å²) in [6, 6.07) is 7.59. The number of rotatable bonds is 3. The Hall–Kier alpha value is -2.15. The molecule has 7 heteroatoms. The molecule has 1 fully saturated rings. The molecule has 0 unspecified atom stereocenters. The molecule has 1 aromatic carbocycles. The number of nitrogens with zero attached hydrogens (tertiary/aromatic N) is 3. The summed E-state index contributed by atoms with van der Waals surface area (Å²) < 4.78 is 2.58. The third kappa shape index (κ3) is 3.01. The van der Waals surface area contributed by atoms with E-state index in [1.807, 2.05) is 24.3 Å². The second-order valence-electron chi connectivity index (χ2n) is 5.70. The van der Waals surface area contributed by atoms with Crippen LogP contribution in [0.25, 0.3) is 0 Å². The zero-order chi connectivity index (χ0) is 16.6. The molecule has 1 saturated heterocycles. The van der Waals surface area contributed by atoms with Gasteiger partial charge in [0.15, 0.2) is 0 Å². The van der Waals surface area contributed by atoms with E-state index in [1.54, 1.807) is 22.8 Å². The standard InChI is InChI=1S/C16H16BrN3O3/c1-19-9-18-6-14(19)15(21)20-7-12(13(8-20)16(22)23)10-2-4-11(17)5-3-10/h2-6,9,12-13H,7-8H2,1H3,(H,22,23)/t12-,13+/m1/s1. The number of hydrogen-bond acceptors (Lipinski definition) is 3. The van der Waals surface area contributed by atoms with E-state index in [0.717, 1.165) is 10.0 Å². The van der Waals surface area contributed by atoms with Crippen LogP contribution in [0.15, 0.2) is 41.3 Å². The van der Waals surface area contributed by atoms with E-state index in [9.17, 15) is 14.7 Å². The molecule has 0 saturated carbocycles. The molecule has 1 N–H and O–H groups in total. The summed E-state index contributed by atoms with van der Waals surface area (Å²) in [6.45, 7) is 0.600. The molecule has 1 aliphatic heterocycles. The van der Waals surface area contributed by atoms with Crippen molar-refractivity contribution in [3.63, 3.8) is 0 Å². The molecule has 0 spiro atoms. The van der Waals surface area contributed by atoms with Crippen molar-refractivity contribution in [1.82, 2.24) is 14.5 Å². The summed E-state index contributed by atoms with van der Waals surface area (Å²) in [5.74, 6) is -1.87. The Balaban J connectivity index is 1.86. The fraction of sp³-hybridized carbons (Fsp3) is 0.312. The Labute approximate surface area is 141 Å². The summed E-state index contributed by atoms with van der Waals surface area (Å²) in [6.07, 6.45) is 3.06. The third-order valence-corrected chi connectivity index (χ3v) is 4.79. The topological polar surface area (TPSA) is 75.4 Å². The predicted octanol–water partition coefficient (Wildman–Crippen LogP) is 2.12. The summed E-state index contributed by atoms with van der Waals surface area (Å²) in [5.41, 5.74) is 1.39. The van der Waals surface area contributed by atoms with Crippen LogP contribution in [-0.2, 0) is 11.8 Å². The Kier molecular flexibility index (Phi) is 4.21. The van der Waals surface area contributed by atoms with Crippen molar-refractivity contribution in [2.24, 2.45) is 13.0 Å². The fourth-order valence-electron chi connectivity index (χ4n) is 2.99. The van der Waals surface area contributed by atoms with E-state index in [0.29, 0.717) is 12.2 Å². The molecule has 3 rings (SSSR count). The molecule has 0 aliphatic carbocycles. The minimum absolute atomic E-state index is 0.184. The zero-order valence-corrected chi connectivity index (χ0v) is 14.1. The van der Waals surface area contributed by atoms with Gasteiger partial charge in [-0.3, -0.25) is 9.59 Å². The molecule has 1 amide bonds. The highest BCUT2D eigenvalue weighted by atomic mass is 79.9. The smallest absolute Gasteiger partial charge is 0.308 e. The van der Waals surface area contributed by atoms with Crippen molar-refractivity contribution in [3.05, 3.63) is 52.5 Å². The van der Waals surface area contributed by atoms with Crippen molar-refractivity contribution in [1.29, 1.82) is 0 Å². The van der Waals surface area contributed by atoms with E-state index in [1.165, 1.54) is 6.20 Å². The van der Waals surface area contributed by atoms with Crippen LogP contribution in [0.3, 0.4) is 0 Å². The maximum atomic E-state index is 12.6. The predicted molar refractivity (Wildman–Crippen MR) is 87.1 cm³/mol. The molecule has 2 aromatic rings. The Morgan fingerprint density at radius 2 is 1.96 bits per heavy atom. The monoisotopic (exact) mass is 377 g/mol. The van der Waals surface area contributed by atoms with E-state index in [2.05, 4.69) is 20.9 Å². The molecule has 120 valence electrons. The number of hydrogen-bond donors (Lipinski definition) is 1. The summed E-state index contributed by atoms with van der Waals surface area (Å²) in [5, 5.41) is 9.52. The van der Waals surface area contributed by atoms with E-state index >= 15 is 0 Å². The highest BCUT2D eigenvalue weighted by Gasteiger charge is 2.41. The molecule has 1 aromatic heterocycles. The quantitative estimate of drug-likeness (QED) is 0.888. The van der Waals surface area contributed by atoms with Crippen LogP contribution in [0, 0.1) is 5.92 Å². The fourth-order valence-corrected chi connectivity index (χ4v) is 3.26. The molecule has 1 aliphatic rings. The van der Waals surface area contributed by atoms with Crippen LogP contribution in [0.5, 0.6) is 0 Å². The summed E-state index contributed by atoms with van der Waals surface area (Å²) >= 11 is 3.38. The molecule has 0 radical (unpaired) electrons. The number of carboxylic acids is 1. The number of carbonyl (C=O) groups excluding carboxylic acids is 1. The maximum absolute atomic E-state index is 12.6. The Morgan fingerprint density at radius 3 is 2.52 bits per heavy atom. The molecule has 0 bridgehead atoms. The first-order chi connectivity index (χ1) is 11.0. The maximum Gasteiger partial charge on any atom is 0.308 e. The summed E-state index contributed by atoms with van der Waals surface area (Å²) in [4.78, 5) is 29.8. The number of benzene rings is 1. The minimum atomic E-state index is -0.877. The number of aryl methyl sites for hydroxylation is 1. The van der Waals surface area contributed by atoms with Gasteiger partial charge in [-0.05, 0) is 17.7 Å². The third-order valence-electron chi connectivity index (χ3n) is 4.26. The van der Waals surface area contributed by atoms with Crippen molar-refractivity contribution in [2.75, 3.05) is 13.1 Å². The molecular formula is C16H16BrN3O3. The van der Waals surface area contributed by atoms with E-state index < -0.39 is 11.9 Å². The average Bonchev–Trinajstić information content (AvgIpc) is 3.14. The molecule has 6 nitrogen and oxygen atoms in total. The number of amides is 1. The van der Waals surface area contributed by atoms with Gasteiger partial charge in [-0.25, -0.2) is 4.98 Å². The molecule has 23 heavy (non-hydrogen) atoms. The van der Waals surface area contributed by atoms with Gasteiger partial charge in [0.2, 0.25) is 0 Å². The molecular weight excluding hydrogens is 362 g/mol. The van der Waals surface area contributed by atoms with Crippen LogP contribution in [0.2, 0.25) is 0 Å². The zero-order valence-electron chi connectivity index (χ0n) is 12.5. The lowest BCUT2D eigenvalue weighted by atomic mass is 9.89. The number of likely N-dealkylation sites (tertiary alicyclic amines) is 1. The second-order valence-corrected chi connectivity index (χ2v) is 6.62. The largest absolute Gasteiger partial charge is 0.481 e. The second kappa shape index (κ2) is 6.16. The van der Waals surface area contributed by atoms with E-state index in [4.69, 9.17) is 0 Å². The van der Waals surface area contributed by atoms with Gasteiger partial charge in [0.05, 0.1) is 18.4 Å². The van der Waals surface area contributed by atoms with Gasteiger partial charge in [0, 0.05) is 30.5 Å². The van der Waals surface area contributed by atoms with Crippen LogP contribution in [0.4, 0.5) is 0 Å². The first-order valence-corrected chi connectivity index (χ1v) is 8.00. The van der Waals surface area contributed by atoms with Gasteiger partial charge >= 0.3 is 5.97 Å². The highest BCUT2D eigenvalue weighted by molar-refractivity contribution is 9.10. The van der Waals surface area contributed by atoms with Gasteiger partial charge in [-0.1, -0.05) is 28.1 Å². The number of halogens is 1. The van der Waals surface area contributed by atoms with Gasteiger partial charge in [-0.2, -0.15) is 0 Å². The number of carbonyl (C=O) groups is 2. The van der Waals surface area contributed by atoms with Gasteiger partial charge < -0.3 is 14.6 Å². The van der Waals surface area contributed by atoms with Gasteiger partial charge in [0.25, 0.3) is 5.91 Å². The Bertz CT molecular complexity index is 741. The first kappa shape index (κ1) is 15.7. The molecule has 2 heterocycles. The lowest BCUT2D eigenvalue weighted by molar-refractivity contribution is -0.141. The van der Waals surface area contributed by atoms with Crippen LogP contribution < -0.4 is 0 Å². The summed E-state index contributed by atoms with van der Waals surface area (Å²) in [7, 11) is 1.75. The lowest BCUT2D eigenvalue weighted by Crippen LogP contribution is -2.31. The van der Waals surface area contributed by atoms with Crippen molar-refractivity contribution < 1.29 is 14.7 Å². The number of imidazole rings is 1. The number of aromatic nitrogens is 2. The average molecular weight is 378 g/mol. The highest BCUT2D eigenvalue weighted by Crippen LogP contribution is 2.34. The van der Waals surface area contributed by atoms with E-state index in [-0.39, 0.29) is 18.4 Å². The minimum Gasteiger partial charge on any atom is -0.481 e. The van der Waals surface area contributed by atoms with Crippen LogP contribution in [0.1, 0.15) is 22.0 Å². The van der Waals surface area contributed by atoms with Crippen molar-refractivity contribution in [3.8, 4) is 0 Å². The van der Waals surface area contributed by atoms with Crippen LogP contribution in [-0.4, -0.2) is 44.5 Å².